The van der Waals surface area contributed by atoms with Crippen LogP contribution in [-0.4, -0.2) is 26.0 Å². The van der Waals surface area contributed by atoms with Gasteiger partial charge < -0.3 is 5.32 Å². The van der Waals surface area contributed by atoms with Crippen LogP contribution in [0.15, 0.2) is 18.2 Å². The fourth-order valence-electron chi connectivity index (χ4n) is 1.83. The van der Waals surface area contributed by atoms with Gasteiger partial charge in [-0.15, -0.1) is 0 Å². The summed E-state index contributed by atoms with van der Waals surface area (Å²) in [6.07, 6.45) is 0. The summed E-state index contributed by atoms with van der Waals surface area (Å²) in [5.74, 6) is 0.103. The van der Waals surface area contributed by atoms with Gasteiger partial charge in [-0.1, -0.05) is 29.3 Å². The zero-order valence-electron chi connectivity index (χ0n) is 9.28. The third-order valence-corrected chi connectivity index (χ3v) is 5.94. The fourth-order valence-corrected chi connectivity index (χ4v) is 3.59. The molecule has 3 nitrogen and oxygen atoms in total. The zero-order chi connectivity index (χ0) is 12.6. The van der Waals surface area contributed by atoms with Crippen LogP contribution in [0.2, 0.25) is 10.0 Å². The molecule has 1 fully saturated rings. The SMILES string of the molecule is CC1CNC(c2ccc(Cl)c(Cl)c2)CS1(=O)=O. The van der Waals surface area contributed by atoms with Crippen LogP contribution in [0.3, 0.4) is 0 Å². The van der Waals surface area contributed by atoms with E-state index in [1.807, 2.05) is 0 Å². The Balaban J connectivity index is 2.27. The lowest BCUT2D eigenvalue weighted by molar-refractivity contribution is 0.502. The van der Waals surface area contributed by atoms with Crippen molar-refractivity contribution in [3.8, 4) is 0 Å². The Morgan fingerprint density at radius 1 is 1.29 bits per heavy atom. The number of hydrogen-bond donors (Lipinski definition) is 1. The standard InChI is InChI=1S/C11H13Cl2NO2S/c1-7-5-14-11(6-17(7,15)16)8-2-3-9(12)10(13)4-8/h2-4,7,11,14H,5-6H2,1H3. The third kappa shape index (κ3) is 2.76. The van der Waals surface area contributed by atoms with Crippen molar-refractivity contribution in [1.82, 2.24) is 5.32 Å². The molecule has 2 atom stereocenters. The average Bonchev–Trinajstić information content (AvgIpc) is 2.26. The monoisotopic (exact) mass is 293 g/mol. The summed E-state index contributed by atoms with van der Waals surface area (Å²) in [6.45, 7) is 2.18. The summed E-state index contributed by atoms with van der Waals surface area (Å²) in [7, 11) is -3.02. The number of sulfone groups is 1. The summed E-state index contributed by atoms with van der Waals surface area (Å²) >= 11 is 11.8. The smallest absolute Gasteiger partial charge is 0.156 e. The van der Waals surface area contributed by atoms with Crippen molar-refractivity contribution in [3.05, 3.63) is 33.8 Å². The molecule has 0 aliphatic carbocycles. The van der Waals surface area contributed by atoms with Crippen LogP contribution in [0.1, 0.15) is 18.5 Å². The van der Waals surface area contributed by atoms with E-state index in [9.17, 15) is 8.42 Å². The van der Waals surface area contributed by atoms with Gasteiger partial charge in [-0.3, -0.25) is 0 Å². The lowest BCUT2D eigenvalue weighted by atomic mass is 10.1. The predicted molar refractivity (Wildman–Crippen MR) is 70.5 cm³/mol. The molecule has 1 saturated heterocycles. The molecule has 0 spiro atoms. The van der Waals surface area contributed by atoms with Gasteiger partial charge in [-0.05, 0) is 24.6 Å². The topological polar surface area (TPSA) is 46.2 Å². The Bertz CT molecular complexity index is 530. The van der Waals surface area contributed by atoms with Gasteiger partial charge in [0.25, 0.3) is 0 Å². The molecule has 2 rings (SSSR count). The summed E-state index contributed by atoms with van der Waals surface area (Å²) in [5, 5.41) is 3.80. The van der Waals surface area contributed by atoms with Gasteiger partial charge in [0.2, 0.25) is 0 Å². The second-order valence-electron chi connectivity index (χ2n) is 4.27. The molecule has 17 heavy (non-hydrogen) atoms. The molecule has 0 aromatic heterocycles. The first-order chi connectivity index (χ1) is 7.90. The van der Waals surface area contributed by atoms with Crippen LogP contribution in [0.5, 0.6) is 0 Å². The van der Waals surface area contributed by atoms with Gasteiger partial charge in [0.1, 0.15) is 0 Å². The first-order valence-corrected chi connectivity index (χ1v) is 7.77. The van der Waals surface area contributed by atoms with Crippen LogP contribution < -0.4 is 5.32 Å². The molecule has 94 valence electrons. The van der Waals surface area contributed by atoms with Gasteiger partial charge in [0.15, 0.2) is 9.84 Å². The molecule has 1 N–H and O–H groups in total. The minimum Gasteiger partial charge on any atom is -0.308 e. The van der Waals surface area contributed by atoms with Crippen LogP contribution in [0, 0.1) is 0 Å². The second kappa shape index (κ2) is 4.76. The Morgan fingerprint density at radius 2 is 2.00 bits per heavy atom. The molecule has 6 heteroatoms. The Kier molecular flexibility index (Phi) is 3.69. The molecule has 1 aliphatic heterocycles. The largest absolute Gasteiger partial charge is 0.308 e. The molecule has 0 amide bonds. The van der Waals surface area contributed by atoms with E-state index in [1.54, 1.807) is 25.1 Å². The zero-order valence-corrected chi connectivity index (χ0v) is 11.6. The van der Waals surface area contributed by atoms with Crippen molar-refractivity contribution in [2.45, 2.75) is 18.2 Å². The summed E-state index contributed by atoms with van der Waals surface area (Å²) in [5.41, 5.74) is 0.856. The molecule has 1 heterocycles. The number of halogens is 2. The van der Waals surface area contributed by atoms with E-state index in [2.05, 4.69) is 5.32 Å². The fraction of sp³-hybridized carbons (Fsp3) is 0.455. The highest BCUT2D eigenvalue weighted by molar-refractivity contribution is 7.92. The number of nitrogens with one attached hydrogen (secondary N) is 1. The highest BCUT2D eigenvalue weighted by Crippen LogP contribution is 2.28. The number of benzene rings is 1. The van der Waals surface area contributed by atoms with Crippen LogP contribution >= 0.6 is 23.2 Å². The number of rotatable bonds is 1. The normalized spacial score (nSPS) is 27.9. The molecule has 2 unspecified atom stereocenters. The van der Waals surface area contributed by atoms with Crippen molar-refractivity contribution in [2.75, 3.05) is 12.3 Å². The molecule has 1 aliphatic rings. The highest BCUT2D eigenvalue weighted by Gasteiger charge is 2.31. The van der Waals surface area contributed by atoms with Crippen LogP contribution in [-0.2, 0) is 9.84 Å². The van der Waals surface area contributed by atoms with E-state index < -0.39 is 9.84 Å². The maximum Gasteiger partial charge on any atom is 0.156 e. The van der Waals surface area contributed by atoms with Crippen LogP contribution in [0.25, 0.3) is 0 Å². The molecule has 0 saturated carbocycles. The summed E-state index contributed by atoms with van der Waals surface area (Å²) < 4.78 is 23.6. The van der Waals surface area contributed by atoms with Gasteiger partial charge in [0, 0.05) is 12.6 Å². The highest BCUT2D eigenvalue weighted by atomic mass is 35.5. The van der Waals surface area contributed by atoms with Crippen molar-refractivity contribution in [1.29, 1.82) is 0 Å². The van der Waals surface area contributed by atoms with Gasteiger partial charge in [-0.2, -0.15) is 0 Å². The van der Waals surface area contributed by atoms with Crippen molar-refractivity contribution >= 4 is 33.0 Å². The van der Waals surface area contributed by atoms with Gasteiger partial charge >= 0.3 is 0 Å². The van der Waals surface area contributed by atoms with E-state index in [1.165, 1.54) is 0 Å². The first-order valence-electron chi connectivity index (χ1n) is 5.30. The van der Waals surface area contributed by atoms with E-state index >= 15 is 0 Å². The van der Waals surface area contributed by atoms with Gasteiger partial charge in [0.05, 0.1) is 21.0 Å². The van der Waals surface area contributed by atoms with Crippen molar-refractivity contribution < 1.29 is 8.42 Å². The molecule has 1 aromatic carbocycles. The first kappa shape index (κ1) is 13.1. The van der Waals surface area contributed by atoms with Gasteiger partial charge in [-0.25, -0.2) is 8.42 Å². The lowest BCUT2D eigenvalue weighted by Gasteiger charge is -2.28. The van der Waals surface area contributed by atoms with E-state index in [0.717, 1.165) is 5.56 Å². The Hall–Kier alpha value is -0.290. The van der Waals surface area contributed by atoms with E-state index in [-0.39, 0.29) is 17.0 Å². The minimum atomic E-state index is -3.02. The summed E-state index contributed by atoms with van der Waals surface area (Å²) in [4.78, 5) is 0. The summed E-state index contributed by atoms with van der Waals surface area (Å²) in [6, 6.07) is 5.00. The molecular weight excluding hydrogens is 281 g/mol. The maximum absolute atomic E-state index is 11.8. The van der Waals surface area contributed by atoms with E-state index in [0.29, 0.717) is 16.6 Å². The van der Waals surface area contributed by atoms with Crippen LogP contribution in [0.4, 0.5) is 0 Å². The third-order valence-electron chi connectivity index (χ3n) is 3.01. The lowest BCUT2D eigenvalue weighted by Crippen LogP contribution is -2.44. The van der Waals surface area contributed by atoms with E-state index in [4.69, 9.17) is 23.2 Å². The Labute approximate surface area is 111 Å². The number of hydrogen-bond acceptors (Lipinski definition) is 3. The van der Waals surface area contributed by atoms with Crippen molar-refractivity contribution in [2.24, 2.45) is 0 Å². The second-order valence-corrected chi connectivity index (χ2v) is 7.55. The quantitative estimate of drug-likeness (QED) is 0.865. The Morgan fingerprint density at radius 3 is 2.59 bits per heavy atom. The van der Waals surface area contributed by atoms with Crippen molar-refractivity contribution in [3.63, 3.8) is 0 Å². The molecule has 0 radical (unpaired) electrons. The average molecular weight is 294 g/mol. The molecular formula is C11H13Cl2NO2S. The molecule has 1 aromatic rings. The maximum atomic E-state index is 11.8. The minimum absolute atomic E-state index is 0.103. The molecule has 0 bridgehead atoms. The predicted octanol–water partition coefficient (Wildman–Crippen LogP) is 2.44.